The van der Waals surface area contributed by atoms with Crippen molar-refractivity contribution in [2.24, 2.45) is 0 Å². The van der Waals surface area contributed by atoms with Crippen LogP contribution in [0.25, 0.3) is 6.08 Å². The lowest BCUT2D eigenvalue weighted by Crippen LogP contribution is -2.32. The molecule has 0 unspecified atom stereocenters. The van der Waals surface area contributed by atoms with Crippen molar-refractivity contribution in [2.45, 2.75) is 12.5 Å². The summed E-state index contributed by atoms with van der Waals surface area (Å²) in [5.41, 5.74) is 3.07. The fourth-order valence-electron chi connectivity index (χ4n) is 3.01. The van der Waals surface area contributed by atoms with Gasteiger partial charge in [-0.15, -0.1) is 0 Å². The van der Waals surface area contributed by atoms with Crippen LogP contribution in [0, 0.1) is 10.1 Å². The quantitative estimate of drug-likeness (QED) is 0.632. The topological polar surface area (TPSA) is 66.6 Å². The molecule has 0 bridgehead atoms. The lowest BCUT2D eigenvalue weighted by Gasteiger charge is -2.27. The molecule has 0 fully saturated rings. The summed E-state index contributed by atoms with van der Waals surface area (Å²) < 4.78 is 0. The summed E-state index contributed by atoms with van der Waals surface area (Å²) in [4.78, 5) is 12.7. The molecule has 0 saturated carbocycles. The van der Waals surface area contributed by atoms with Crippen molar-refractivity contribution >= 4 is 11.8 Å². The number of nitro benzene ring substituents is 1. The number of allylic oxidation sites excluding steroid dienone is 1. The molecule has 1 aliphatic rings. The van der Waals surface area contributed by atoms with E-state index in [9.17, 15) is 15.2 Å². The summed E-state index contributed by atoms with van der Waals surface area (Å²) in [6.07, 6.45) is 6.49. The molecule has 0 amide bonds. The van der Waals surface area contributed by atoms with Crippen LogP contribution in [0.4, 0.5) is 5.69 Å². The summed E-state index contributed by atoms with van der Waals surface area (Å²) in [5.74, 6) is 0. The number of non-ortho nitro benzene ring substituents is 1. The molecule has 1 aliphatic heterocycles. The van der Waals surface area contributed by atoms with Gasteiger partial charge >= 0.3 is 0 Å². The van der Waals surface area contributed by atoms with Crippen molar-refractivity contribution < 1.29 is 10.0 Å². The van der Waals surface area contributed by atoms with Gasteiger partial charge in [-0.2, -0.15) is 0 Å². The van der Waals surface area contributed by atoms with E-state index < -0.39 is 6.10 Å². The number of hydrogen-bond donors (Lipinski definition) is 1. The zero-order valence-electron chi connectivity index (χ0n) is 14.5. The van der Waals surface area contributed by atoms with E-state index in [4.69, 9.17) is 0 Å². The maximum absolute atomic E-state index is 10.8. The van der Waals surface area contributed by atoms with E-state index in [0.717, 1.165) is 30.6 Å². The Bertz CT molecular complexity index is 815. The average molecular weight is 350 g/mol. The first-order chi connectivity index (χ1) is 12.6. The molecule has 1 heterocycles. The Labute approximate surface area is 153 Å². The maximum atomic E-state index is 10.8. The standard InChI is InChI=1S/C21H22N2O3/c24-21(19-6-2-1-3-7-19)16-22-13-11-17(12-14-22)9-10-18-5-4-8-20(15-18)23(25)26/h1-11,15,21,24H,12-14,16H2/b10-9+/t21-/m1/s1. The Morgan fingerprint density at radius 2 is 1.96 bits per heavy atom. The van der Waals surface area contributed by atoms with Gasteiger partial charge in [-0.3, -0.25) is 15.0 Å². The lowest BCUT2D eigenvalue weighted by molar-refractivity contribution is -0.384. The van der Waals surface area contributed by atoms with Crippen LogP contribution >= 0.6 is 0 Å². The number of nitrogens with zero attached hydrogens (tertiary/aromatic N) is 2. The van der Waals surface area contributed by atoms with E-state index in [2.05, 4.69) is 11.0 Å². The van der Waals surface area contributed by atoms with Crippen LogP contribution in [0.3, 0.4) is 0 Å². The molecule has 0 radical (unpaired) electrons. The molecular formula is C21H22N2O3. The van der Waals surface area contributed by atoms with Crippen LogP contribution in [0.2, 0.25) is 0 Å². The Kier molecular flexibility index (Phi) is 5.94. The van der Waals surface area contributed by atoms with Crippen LogP contribution in [0.5, 0.6) is 0 Å². The van der Waals surface area contributed by atoms with Crippen LogP contribution in [0.15, 0.2) is 72.3 Å². The molecule has 134 valence electrons. The number of hydrogen-bond acceptors (Lipinski definition) is 4. The van der Waals surface area contributed by atoms with E-state index in [1.54, 1.807) is 12.1 Å². The Hall–Kier alpha value is -2.76. The Morgan fingerprint density at radius 1 is 1.15 bits per heavy atom. The SMILES string of the molecule is O=[N+]([O-])c1cccc(/C=C/C2=CCN(C[C@@H](O)c3ccccc3)CC2)c1. The molecule has 3 rings (SSSR count). The number of β-amino-alcohol motifs (C(OH)–C–C–N with tert-alkyl or cyclic N) is 1. The molecular weight excluding hydrogens is 328 g/mol. The van der Waals surface area contributed by atoms with Gasteiger partial charge in [0.15, 0.2) is 0 Å². The average Bonchev–Trinajstić information content (AvgIpc) is 2.68. The number of rotatable bonds is 6. The van der Waals surface area contributed by atoms with E-state index in [1.807, 2.05) is 48.6 Å². The third-order valence-electron chi connectivity index (χ3n) is 4.51. The second kappa shape index (κ2) is 8.56. The lowest BCUT2D eigenvalue weighted by atomic mass is 10.0. The smallest absolute Gasteiger partial charge is 0.270 e. The Balaban J connectivity index is 1.56. The van der Waals surface area contributed by atoms with Crippen LogP contribution in [-0.4, -0.2) is 34.6 Å². The van der Waals surface area contributed by atoms with Crippen molar-refractivity contribution in [3.8, 4) is 0 Å². The third kappa shape index (κ3) is 4.88. The van der Waals surface area contributed by atoms with E-state index >= 15 is 0 Å². The van der Waals surface area contributed by atoms with E-state index in [1.165, 1.54) is 11.6 Å². The molecule has 1 atom stereocenters. The fraction of sp³-hybridized carbons (Fsp3) is 0.238. The predicted molar refractivity (Wildman–Crippen MR) is 103 cm³/mol. The molecule has 2 aromatic rings. The summed E-state index contributed by atoms with van der Waals surface area (Å²) in [6.45, 7) is 2.29. The third-order valence-corrected chi connectivity index (χ3v) is 4.51. The summed E-state index contributed by atoms with van der Waals surface area (Å²) >= 11 is 0. The highest BCUT2D eigenvalue weighted by molar-refractivity contribution is 5.56. The molecule has 0 aromatic heterocycles. The van der Waals surface area contributed by atoms with Gasteiger partial charge < -0.3 is 5.11 Å². The predicted octanol–water partition coefficient (Wildman–Crippen LogP) is 3.97. The second-order valence-electron chi connectivity index (χ2n) is 6.40. The van der Waals surface area contributed by atoms with Gasteiger partial charge in [-0.25, -0.2) is 0 Å². The van der Waals surface area contributed by atoms with E-state index in [-0.39, 0.29) is 10.6 Å². The molecule has 26 heavy (non-hydrogen) atoms. The van der Waals surface area contributed by atoms with Gasteiger partial charge in [-0.05, 0) is 23.1 Å². The van der Waals surface area contributed by atoms with Gasteiger partial charge in [0.1, 0.15) is 0 Å². The first-order valence-electron chi connectivity index (χ1n) is 8.69. The number of benzene rings is 2. The zero-order chi connectivity index (χ0) is 18.4. The van der Waals surface area contributed by atoms with Crippen LogP contribution in [-0.2, 0) is 0 Å². The first kappa shape index (κ1) is 18.0. The highest BCUT2D eigenvalue weighted by Gasteiger charge is 2.15. The zero-order valence-corrected chi connectivity index (χ0v) is 14.5. The minimum atomic E-state index is -0.480. The molecule has 0 aliphatic carbocycles. The van der Waals surface area contributed by atoms with Crippen molar-refractivity contribution in [1.82, 2.24) is 4.90 Å². The van der Waals surface area contributed by atoms with Crippen molar-refractivity contribution in [3.05, 3.63) is 93.6 Å². The molecule has 0 saturated heterocycles. The van der Waals surface area contributed by atoms with E-state index in [0.29, 0.717) is 6.54 Å². The highest BCUT2D eigenvalue weighted by Crippen LogP contribution is 2.19. The molecule has 5 heteroatoms. The molecule has 0 spiro atoms. The molecule has 5 nitrogen and oxygen atoms in total. The van der Waals surface area contributed by atoms with Gasteiger partial charge in [0.25, 0.3) is 5.69 Å². The minimum absolute atomic E-state index is 0.103. The normalized spacial score (nSPS) is 16.4. The second-order valence-corrected chi connectivity index (χ2v) is 6.40. The van der Waals surface area contributed by atoms with Crippen LogP contribution < -0.4 is 0 Å². The van der Waals surface area contributed by atoms with Crippen molar-refractivity contribution in [1.29, 1.82) is 0 Å². The van der Waals surface area contributed by atoms with Gasteiger partial charge in [0, 0.05) is 31.8 Å². The maximum Gasteiger partial charge on any atom is 0.270 e. The van der Waals surface area contributed by atoms with Gasteiger partial charge in [0.05, 0.1) is 11.0 Å². The minimum Gasteiger partial charge on any atom is -0.387 e. The Morgan fingerprint density at radius 3 is 2.65 bits per heavy atom. The van der Waals surface area contributed by atoms with Crippen LogP contribution in [0.1, 0.15) is 23.7 Å². The van der Waals surface area contributed by atoms with Gasteiger partial charge in [0.2, 0.25) is 0 Å². The number of aliphatic hydroxyl groups excluding tert-OH is 1. The summed E-state index contributed by atoms with van der Waals surface area (Å²) in [7, 11) is 0. The van der Waals surface area contributed by atoms with Gasteiger partial charge in [-0.1, -0.05) is 60.7 Å². The summed E-state index contributed by atoms with van der Waals surface area (Å²) in [6, 6.07) is 16.3. The summed E-state index contributed by atoms with van der Waals surface area (Å²) in [5, 5.41) is 21.2. The first-order valence-corrected chi connectivity index (χ1v) is 8.69. The monoisotopic (exact) mass is 350 g/mol. The highest BCUT2D eigenvalue weighted by atomic mass is 16.6. The largest absolute Gasteiger partial charge is 0.387 e. The number of aliphatic hydroxyl groups is 1. The fourth-order valence-corrected chi connectivity index (χ4v) is 3.01. The molecule has 1 N–H and O–H groups in total. The van der Waals surface area contributed by atoms with Crippen molar-refractivity contribution in [2.75, 3.05) is 19.6 Å². The van der Waals surface area contributed by atoms with Crippen molar-refractivity contribution in [3.63, 3.8) is 0 Å². The molecule has 2 aromatic carbocycles. The number of nitro groups is 1.